The van der Waals surface area contributed by atoms with E-state index < -0.39 is 11.6 Å². The zero-order chi connectivity index (χ0) is 11.7. The lowest BCUT2D eigenvalue weighted by molar-refractivity contribution is -0.138. The number of aliphatic carboxylic acids is 1. The summed E-state index contributed by atoms with van der Waals surface area (Å²) in [4.78, 5) is 10.5. The van der Waals surface area contributed by atoms with E-state index in [2.05, 4.69) is 13.8 Å². The standard InChI is InChI=1S/C12H24O3/c1-3-5-8-12(15,9-6-4-2)10-7-11(13)14/h15H,3-10H2,1-2H3,(H,13,14). The summed E-state index contributed by atoms with van der Waals surface area (Å²) >= 11 is 0. The lowest BCUT2D eigenvalue weighted by Crippen LogP contribution is -2.29. The van der Waals surface area contributed by atoms with E-state index in [0.717, 1.165) is 38.5 Å². The third kappa shape index (κ3) is 7.37. The molecule has 0 aromatic carbocycles. The molecule has 0 rings (SSSR count). The van der Waals surface area contributed by atoms with E-state index in [1.807, 2.05) is 0 Å². The number of aliphatic hydroxyl groups is 1. The second-order valence-electron chi connectivity index (χ2n) is 4.33. The van der Waals surface area contributed by atoms with Crippen LogP contribution in [0.2, 0.25) is 0 Å². The molecule has 90 valence electrons. The lowest BCUT2D eigenvalue weighted by Gasteiger charge is -2.27. The molecule has 0 spiro atoms. The van der Waals surface area contributed by atoms with Gasteiger partial charge in [-0.2, -0.15) is 0 Å². The molecule has 15 heavy (non-hydrogen) atoms. The van der Waals surface area contributed by atoms with Crippen molar-refractivity contribution in [3.05, 3.63) is 0 Å². The fourth-order valence-electron chi connectivity index (χ4n) is 1.73. The summed E-state index contributed by atoms with van der Waals surface area (Å²) < 4.78 is 0. The average Bonchev–Trinajstić information content (AvgIpc) is 2.21. The molecule has 0 heterocycles. The van der Waals surface area contributed by atoms with Crippen LogP contribution in [0.5, 0.6) is 0 Å². The smallest absolute Gasteiger partial charge is 0.303 e. The first-order valence-electron chi connectivity index (χ1n) is 5.98. The van der Waals surface area contributed by atoms with Crippen LogP contribution in [0.25, 0.3) is 0 Å². The van der Waals surface area contributed by atoms with Crippen molar-refractivity contribution >= 4 is 5.97 Å². The number of unbranched alkanes of at least 4 members (excludes halogenated alkanes) is 2. The Kier molecular flexibility index (Phi) is 7.39. The molecule has 0 aromatic rings. The summed E-state index contributed by atoms with van der Waals surface area (Å²) in [5.74, 6) is -0.818. The number of carboxylic acids is 1. The molecule has 0 atom stereocenters. The van der Waals surface area contributed by atoms with Crippen molar-refractivity contribution in [3.63, 3.8) is 0 Å². The number of carboxylic acid groups (broad SMARTS) is 1. The van der Waals surface area contributed by atoms with Crippen LogP contribution in [0.4, 0.5) is 0 Å². The van der Waals surface area contributed by atoms with Crippen LogP contribution in [0.15, 0.2) is 0 Å². The van der Waals surface area contributed by atoms with Crippen LogP contribution in [0, 0.1) is 0 Å². The van der Waals surface area contributed by atoms with Gasteiger partial charge < -0.3 is 10.2 Å². The van der Waals surface area contributed by atoms with E-state index >= 15 is 0 Å². The summed E-state index contributed by atoms with van der Waals surface area (Å²) in [6.45, 7) is 4.16. The molecule has 0 aliphatic carbocycles. The van der Waals surface area contributed by atoms with Crippen LogP contribution in [-0.4, -0.2) is 21.8 Å². The van der Waals surface area contributed by atoms with Crippen molar-refractivity contribution in [1.82, 2.24) is 0 Å². The van der Waals surface area contributed by atoms with Gasteiger partial charge >= 0.3 is 5.97 Å². The highest BCUT2D eigenvalue weighted by atomic mass is 16.4. The average molecular weight is 216 g/mol. The van der Waals surface area contributed by atoms with E-state index in [0.29, 0.717) is 6.42 Å². The van der Waals surface area contributed by atoms with Crippen LogP contribution in [0.1, 0.15) is 65.2 Å². The Morgan fingerprint density at radius 1 is 1.07 bits per heavy atom. The maximum atomic E-state index is 10.5. The summed E-state index contributed by atoms with van der Waals surface area (Å²) in [6, 6.07) is 0. The number of rotatable bonds is 9. The highest BCUT2D eigenvalue weighted by molar-refractivity contribution is 5.66. The molecule has 0 saturated carbocycles. The minimum atomic E-state index is -0.818. The fraction of sp³-hybridized carbons (Fsp3) is 0.917. The maximum Gasteiger partial charge on any atom is 0.303 e. The Morgan fingerprint density at radius 2 is 1.53 bits per heavy atom. The zero-order valence-corrected chi connectivity index (χ0v) is 9.96. The first-order chi connectivity index (χ1) is 7.04. The molecule has 0 aliphatic heterocycles. The maximum absolute atomic E-state index is 10.5. The van der Waals surface area contributed by atoms with Crippen molar-refractivity contribution in [1.29, 1.82) is 0 Å². The van der Waals surface area contributed by atoms with Crippen molar-refractivity contribution in [3.8, 4) is 0 Å². The van der Waals surface area contributed by atoms with Gasteiger partial charge in [0, 0.05) is 6.42 Å². The summed E-state index contributed by atoms with van der Waals surface area (Å²) in [5, 5.41) is 18.9. The Hall–Kier alpha value is -0.570. The van der Waals surface area contributed by atoms with Crippen LogP contribution in [0.3, 0.4) is 0 Å². The van der Waals surface area contributed by atoms with Gasteiger partial charge in [0.1, 0.15) is 0 Å². The molecule has 0 amide bonds. The predicted octanol–water partition coefficient (Wildman–Crippen LogP) is 2.96. The van der Waals surface area contributed by atoms with Crippen molar-refractivity contribution in [2.24, 2.45) is 0 Å². The van der Waals surface area contributed by atoms with Gasteiger partial charge in [0.05, 0.1) is 5.60 Å². The summed E-state index contributed by atoms with van der Waals surface area (Å²) in [7, 11) is 0. The molecule has 0 radical (unpaired) electrons. The molecular weight excluding hydrogens is 192 g/mol. The molecule has 0 fully saturated rings. The van der Waals surface area contributed by atoms with Gasteiger partial charge in [-0.05, 0) is 19.3 Å². The first-order valence-corrected chi connectivity index (χ1v) is 5.98. The van der Waals surface area contributed by atoms with E-state index in [-0.39, 0.29) is 6.42 Å². The summed E-state index contributed by atoms with van der Waals surface area (Å²) in [6.07, 6.45) is 5.96. The van der Waals surface area contributed by atoms with Gasteiger partial charge in [-0.25, -0.2) is 0 Å². The van der Waals surface area contributed by atoms with E-state index in [1.165, 1.54) is 0 Å². The normalized spacial score (nSPS) is 11.7. The SMILES string of the molecule is CCCCC(O)(CCCC)CCC(=O)O. The second kappa shape index (κ2) is 7.69. The van der Waals surface area contributed by atoms with Crippen molar-refractivity contribution in [2.75, 3.05) is 0 Å². The zero-order valence-electron chi connectivity index (χ0n) is 9.96. The molecule has 2 N–H and O–H groups in total. The number of carbonyl (C=O) groups is 1. The molecule has 3 nitrogen and oxygen atoms in total. The van der Waals surface area contributed by atoms with Crippen LogP contribution >= 0.6 is 0 Å². The molecule has 0 aromatic heterocycles. The first kappa shape index (κ1) is 14.4. The number of hydrogen-bond acceptors (Lipinski definition) is 2. The quantitative estimate of drug-likeness (QED) is 0.623. The number of hydrogen-bond donors (Lipinski definition) is 2. The van der Waals surface area contributed by atoms with E-state index in [9.17, 15) is 9.90 Å². The molecule has 0 saturated heterocycles. The third-order valence-electron chi connectivity index (χ3n) is 2.80. The highest BCUT2D eigenvalue weighted by Crippen LogP contribution is 2.26. The van der Waals surface area contributed by atoms with Gasteiger partial charge in [0.25, 0.3) is 0 Å². The molecule has 0 unspecified atom stereocenters. The highest BCUT2D eigenvalue weighted by Gasteiger charge is 2.25. The lowest BCUT2D eigenvalue weighted by atomic mass is 9.87. The van der Waals surface area contributed by atoms with Gasteiger partial charge in [0.15, 0.2) is 0 Å². The Labute approximate surface area is 92.5 Å². The van der Waals surface area contributed by atoms with E-state index in [1.54, 1.807) is 0 Å². The van der Waals surface area contributed by atoms with Gasteiger partial charge in [-0.15, -0.1) is 0 Å². The fourth-order valence-corrected chi connectivity index (χ4v) is 1.73. The monoisotopic (exact) mass is 216 g/mol. The largest absolute Gasteiger partial charge is 0.481 e. The van der Waals surface area contributed by atoms with Gasteiger partial charge in [-0.1, -0.05) is 39.5 Å². The minimum Gasteiger partial charge on any atom is -0.481 e. The Morgan fingerprint density at radius 3 is 1.87 bits per heavy atom. The van der Waals surface area contributed by atoms with Crippen molar-refractivity contribution in [2.45, 2.75) is 70.8 Å². The molecule has 3 heteroatoms. The molecule has 0 bridgehead atoms. The third-order valence-corrected chi connectivity index (χ3v) is 2.80. The molecular formula is C12H24O3. The molecule has 0 aliphatic rings. The minimum absolute atomic E-state index is 0.0733. The van der Waals surface area contributed by atoms with Crippen LogP contribution in [-0.2, 0) is 4.79 Å². The van der Waals surface area contributed by atoms with E-state index in [4.69, 9.17) is 5.11 Å². The van der Waals surface area contributed by atoms with Crippen molar-refractivity contribution < 1.29 is 15.0 Å². The van der Waals surface area contributed by atoms with Gasteiger partial charge in [-0.3, -0.25) is 4.79 Å². The Balaban J connectivity index is 4.06. The predicted molar refractivity (Wildman–Crippen MR) is 60.9 cm³/mol. The Bertz CT molecular complexity index is 170. The topological polar surface area (TPSA) is 57.5 Å². The summed E-state index contributed by atoms with van der Waals surface area (Å²) in [5.41, 5.74) is -0.746. The van der Waals surface area contributed by atoms with Crippen LogP contribution < -0.4 is 0 Å². The van der Waals surface area contributed by atoms with Gasteiger partial charge in [0.2, 0.25) is 0 Å². The second-order valence-corrected chi connectivity index (χ2v) is 4.33.